The topological polar surface area (TPSA) is 151 Å². The zero-order valence-electron chi connectivity index (χ0n) is 11.6. The molecule has 0 radical (unpaired) electrons. The van der Waals surface area contributed by atoms with E-state index in [2.05, 4.69) is 10.6 Å². The summed E-state index contributed by atoms with van der Waals surface area (Å²) in [5, 5.41) is 15.6. The van der Waals surface area contributed by atoms with Crippen LogP contribution < -0.4 is 21.7 Å². The average molecular weight is 288 g/mol. The quantitative estimate of drug-likeness (QED) is 0.404. The predicted molar refractivity (Wildman–Crippen MR) is 69.7 cm³/mol. The van der Waals surface area contributed by atoms with Crippen LogP contribution in [0.25, 0.3) is 0 Å². The van der Waals surface area contributed by atoms with Gasteiger partial charge >= 0.3 is 12.0 Å². The first kappa shape index (κ1) is 17.7. The number of carboxylic acids is 1. The van der Waals surface area contributed by atoms with E-state index in [9.17, 15) is 19.2 Å². The molecule has 0 rings (SSSR count). The van der Waals surface area contributed by atoms with Gasteiger partial charge in [-0.3, -0.25) is 9.59 Å². The highest BCUT2D eigenvalue weighted by molar-refractivity contribution is 5.89. The van der Waals surface area contributed by atoms with Crippen LogP contribution in [-0.2, 0) is 14.4 Å². The molecule has 1 atom stereocenters. The van der Waals surface area contributed by atoms with Gasteiger partial charge in [0.15, 0.2) is 0 Å². The lowest BCUT2D eigenvalue weighted by Crippen LogP contribution is -2.51. The molecule has 0 saturated carbocycles. The zero-order valence-corrected chi connectivity index (χ0v) is 11.6. The van der Waals surface area contributed by atoms with Crippen molar-refractivity contribution in [1.29, 1.82) is 0 Å². The van der Waals surface area contributed by atoms with Gasteiger partial charge < -0.3 is 26.8 Å². The first-order chi connectivity index (χ1) is 9.01. The predicted octanol–water partition coefficient (Wildman–Crippen LogP) is -1.47. The smallest absolute Gasteiger partial charge is 0.326 e. The van der Waals surface area contributed by atoms with Crippen LogP contribution in [-0.4, -0.2) is 47.0 Å². The Hall–Kier alpha value is -2.32. The van der Waals surface area contributed by atoms with E-state index in [-0.39, 0.29) is 6.54 Å². The summed E-state index contributed by atoms with van der Waals surface area (Å²) in [4.78, 5) is 44.2. The highest BCUT2D eigenvalue weighted by Crippen LogP contribution is 1.97. The van der Waals surface area contributed by atoms with E-state index in [1.165, 1.54) is 0 Å². The van der Waals surface area contributed by atoms with Crippen molar-refractivity contribution in [3.8, 4) is 0 Å². The summed E-state index contributed by atoms with van der Waals surface area (Å²) < 4.78 is 0. The Bertz CT molecular complexity index is 402. The van der Waals surface area contributed by atoms with E-state index in [0.717, 1.165) is 0 Å². The Morgan fingerprint density at radius 2 is 1.75 bits per heavy atom. The maximum absolute atomic E-state index is 11.4. The Kier molecular flexibility index (Phi) is 6.47. The summed E-state index contributed by atoms with van der Waals surface area (Å²) in [6.07, 6.45) is -0.531. The van der Waals surface area contributed by atoms with E-state index < -0.39 is 41.8 Å². The number of carboxylic acid groups (broad SMARTS) is 1. The van der Waals surface area contributed by atoms with E-state index in [1.54, 1.807) is 20.8 Å². The normalized spacial score (nSPS) is 12.2. The number of nitrogens with two attached hydrogens (primary N) is 1. The first-order valence-corrected chi connectivity index (χ1v) is 5.88. The second-order valence-corrected chi connectivity index (χ2v) is 5.19. The van der Waals surface area contributed by atoms with Crippen molar-refractivity contribution in [2.24, 2.45) is 5.73 Å². The second kappa shape index (κ2) is 7.31. The van der Waals surface area contributed by atoms with Crippen molar-refractivity contribution in [2.75, 3.05) is 6.54 Å². The van der Waals surface area contributed by atoms with E-state index in [0.29, 0.717) is 0 Å². The van der Waals surface area contributed by atoms with Crippen molar-refractivity contribution in [2.45, 2.75) is 38.8 Å². The van der Waals surface area contributed by atoms with Crippen LogP contribution in [0.3, 0.4) is 0 Å². The Balaban J connectivity index is 4.24. The third-order valence-corrected chi connectivity index (χ3v) is 1.93. The molecule has 0 aromatic heterocycles. The molecule has 0 aromatic rings. The minimum Gasteiger partial charge on any atom is -0.480 e. The second-order valence-electron chi connectivity index (χ2n) is 5.19. The van der Waals surface area contributed by atoms with Crippen LogP contribution in [0.1, 0.15) is 27.2 Å². The summed E-state index contributed by atoms with van der Waals surface area (Å²) in [5.74, 6) is -2.67. The molecule has 0 saturated heterocycles. The van der Waals surface area contributed by atoms with Crippen LogP contribution in [0, 0.1) is 0 Å². The largest absolute Gasteiger partial charge is 0.480 e. The number of aliphatic carboxylic acids is 1. The fraction of sp³-hybridized carbons (Fsp3) is 0.636. The number of hydrogen-bond donors (Lipinski definition) is 5. The molecule has 6 N–H and O–H groups in total. The van der Waals surface area contributed by atoms with Gasteiger partial charge in [0, 0.05) is 5.54 Å². The first-order valence-electron chi connectivity index (χ1n) is 5.88. The SMILES string of the molecule is CC(C)(C)NC(=O)CNC(=O)N[C@H](CC(N)=O)C(=O)O. The molecular weight excluding hydrogens is 268 g/mol. The maximum Gasteiger partial charge on any atom is 0.326 e. The molecule has 9 nitrogen and oxygen atoms in total. The molecule has 0 spiro atoms. The van der Waals surface area contributed by atoms with Crippen LogP contribution in [0.15, 0.2) is 0 Å². The molecule has 0 aliphatic rings. The summed E-state index contributed by atoms with van der Waals surface area (Å²) in [6, 6.07) is -2.30. The lowest BCUT2D eigenvalue weighted by molar-refractivity contribution is -0.140. The number of urea groups is 1. The minimum absolute atomic E-state index is 0.313. The van der Waals surface area contributed by atoms with Gasteiger partial charge in [-0.1, -0.05) is 0 Å². The number of carbonyl (C=O) groups is 4. The number of amides is 4. The number of hydrogen-bond acceptors (Lipinski definition) is 4. The number of carbonyl (C=O) groups excluding carboxylic acids is 3. The van der Waals surface area contributed by atoms with Gasteiger partial charge in [0.1, 0.15) is 6.04 Å². The molecule has 0 fully saturated rings. The van der Waals surface area contributed by atoms with Gasteiger partial charge in [0.2, 0.25) is 11.8 Å². The molecule has 0 aromatic carbocycles. The lowest BCUT2D eigenvalue weighted by Gasteiger charge is -2.20. The van der Waals surface area contributed by atoms with Gasteiger partial charge in [0.25, 0.3) is 0 Å². The molecule has 0 unspecified atom stereocenters. The van der Waals surface area contributed by atoms with Crippen molar-refractivity contribution in [1.82, 2.24) is 16.0 Å². The van der Waals surface area contributed by atoms with Crippen LogP contribution in [0.5, 0.6) is 0 Å². The van der Waals surface area contributed by atoms with Gasteiger partial charge in [-0.2, -0.15) is 0 Å². The number of nitrogens with one attached hydrogen (secondary N) is 3. The lowest BCUT2D eigenvalue weighted by atomic mass is 10.1. The van der Waals surface area contributed by atoms with E-state index >= 15 is 0 Å². The van der Waals surface area contributed by atoms with Gasteiger partial charge in [-0.15, -0.1) is 0 Å². The van der Waals surface area contributed by atoms with Gasteiger partial charge in [-0.25, -0.2) is 9.59 Å². The molecule has 0 heterocycles. The summed E-state index contributed by atoms with van der Waals surface area (Å²) in [7, 11) is 0. The molecule has 0 bridgehead atoms. The highest BCUT2D eigenvalue weighted by atomic mass is 16.4. The standard InChI is InChI=1S/C11H20N4O5/c1-11(2,3)15-8(17)5-13-10(20)14-6(9(18)19)4-7(12)16/h6H,4-5H2,1-3H3,(H2,12,16)(H,15,17)(H,18,19)(H2,13,14,20)/t6-/m1/s1. The van der Waals surface area contributed by atoms with Crippen molar-refractivity contribution >= 4 is 23.8 Å². The molecule has 4 amide bonds. The van der Waals surface area contributed by atoms with Gasteiger partial charge in [0.05, 0.1) is 13.0 Å². The van der Waals surface area contributed by atoms with Gasteiger partial charge in [-0.05, 0) is 20.8 Å². The van der Waals surface area contributed by atoms with Crippen LogP contribution in [0.2, 0.25) is 0 Å². The molecular formula is C11H20N4O5. The number of primary amides is 1. The third kappa shape index (κ3) is 8.72. The zero-order chi connectivity index (χ0) is 15.9. The Labute approximate surface area is 116 Å². The van der Waals surface area contributed by atoms with Crippen LogP contribution >= 0.6 is 0 Å². The maximum atomic E-state index is 11.4. The monoisotopic (exact) mass is 288 g/mol. The van der Waals surface area contributed by atoms with Crippen molar-refractivity contribution in [3.63, 3.8) is 0 Å². The summed E-state index contributed by atoms with van der Waals surface area (Å²) in [5.41, 5.74) is 4.42. The van der Waals surface area contributed by atoms with E-state index in [4.69, 9.17) is 10.8 Å². The molecule has 0 aliphatic heterocycles. The van der Waals surface area contributed by atoms with Crippen molar-refractivity contribution < 1.29 is 24.3 Å². The molecule has 0 aliphatic carbocycles. The Morgan fingerprint density at radius 3 is 2.15 bits per heavy atom. The molecule has 114 valence electrons. The fourth-order valence-electron chi connectivity index (χ4n) is 1.23. The Morgan fingerprint density at radius 1 is 1.20 bits per heavy atom. The average Bonchev–Trinajstić information content (AvgIpc) is 2.22. The van der Waals surface area contributed by atoms with Crippen molar-refractivity contribution in [3.05, 3.63) is 0 Å². The van der Waals surface area contributed by atoms with Crippen LogP contribution in [0.4, 0.5) is 4.79 Å². The summed E-state index contributed by atoms with van der Waals surface area (Å²) >= 11 is 0. The highest BCUT2D eigenvalue weighted by Gasteiger charge is 2.22. The molecule has 9 heteroatoms. The van der Waals surface area contributed by atoms with E-state index in [1.807, 2.05) is 5.32 Å². The molecule has 20 heavy (non-hydrogen) atoms. The fourth-order valence-corrected chi connectivity index (χ4v) is 1.23. The number of rotatable bonds is 6. The third-order valence-electron chi connectivity index (χ3n) is 1.93. The minimum atomic E-state index is -1.43. The summed E-state index contributed by atoms with van der Waals surface area (Å²) in [6.45, 7) is 5.01.